The summed E-state index contributed by atoms with van der Waals surface area (Å²) in [5, 5.41) is 3.05. The van der Waals surface area contributed by atoms with Crippen molar-refractivity contribution in [2.75, 3.05) is 13.1 Å². The topological polar surface area (TPSA) is 72.3 Å². The average molecular weight is 389 g/mol. The number of ether oxygens (including phenoxy) is 1. The molecule has 5 rings (SSSR count). The van der Waals surface area contributed by atoms with Crippen molar-refractivity contribution in [1.82, 2.24) is 24.8 Å². The van der Waals surface area contributed by atoms with E-state index in [4.69, 9.17) is 4.74 Å². The molecule has 1 spiro atoms. The Balaban J connectivity index is 1.28. The first kappa shape index (κ1) is 17.9. The van der Waals surface area contributed by atoms with Gasteiger partial charge in [0.1, 0.15) is 17.2 Å². The fraction of sp³-hybridized carbons (Fsp3) is 0.318. The highest BCUT2D eigenvalue weighted by atomic mass is 16.5. The zero-order chi connectivity index (χ0) is 19.8. The molecule has 1 aromatic carbocycles. The maximum Gasteiger partial charge on any atom is 0.317 e. The Kier molecular flexibility index (Phi) is 4.32. The number of hydrogen-bond acceptors (Lipinski definition) is 4. The van der Waals surface area contributed by atoms with Crippen LogP contribution in [0.4, 0.5) is 4.79 Å². The van der Waals surface area contributed by atoms with Gasteiger partial charge in [0.2, 0.25) is 0 Å². The first-order chi connectivity index (χ1) is 14.2. The predicted molar refractivity (Wildman–Crippen MR) is 107 cm³/mol. The molecular weight excluding hydrogens is 366 g/mol. The smallest absolute Gasteiger partial charge is 0.317 e. The van der Waals surface area contributed by atoms with Crippen LogP contribution in [0.25, 0.3) is 5.82 Å². The van der Waals surface area contributed by atoms with E-state index in [2.05, 4.69) is 27.4 Å². The lowest BCUT2D eigenvalue weighted by molar-refractivity contribution is -0.0272. The van der Waals surface area contributed by atoms with Gasteiger partial charge in [0.05, 0.1) is 13.2 Å². The highest BCUT2D eigenvalue weighted by Gasteiger charge is 2.46. The Morgan fingerprint density at radius 1 is 1.21 bits per heavy atom. The van der Waals surface area contributed by atoms with Crippen molar-refractivity contribution in [3.05, 3.63) is 77.5 Å². The van der Waals surface area contributed by atoms with Crippen LogP contribution in [0.2, 0.25) is 0 Å². The fourth-order valence-corrected chi connectivity index (χ4v) is 4.35. The van der Waals surface area contributed by atoms with Gasteiger partial charge in [0.25, 0.3) is 0 Å². The van der Waals surface area contributed by atoms with Gasteiger partial charge in [-0.1, -0.05) is 30.3 Å². The summed E-state index contributed by atoms with van der Waals surface area (Å²) in [6.45, 7) is 4.22. The number of nitrogens with zero attached hydrogens (tertiary/aromatic N) is 4. The lowest BCUT2D eigenvalue weighted by atomic mass is 9.92. The number of amides is 2. The third-order valence-electron chi connectivity index (χ3n) is 5.88. The van der Waals surface area contributed by atoms with E-state index in [0.29, 0.717) is 26.2 Å². The molecule has 3 aromatic rings. The molecule has 7 nitrogen and oxygen atoms in total. The molecule has 0 saturated carbocycles. The molecular formula is C22H23N5O2. The Bertz CT molecular complexity index is 1060. The van der Waals surface area contributed by atoms with Crippen LogP contribution >= 0.6 is 0 Å². The maximum atomic E-state index is 12.9. The second-order valence-corrected chi connectivity index (χ2v) is 7.60. The number of carbonyl (C=O) groups is 1. The van der Waals surface area contributed by atoms with E-state index in [1.54, 1.807) is 12.4 Å². The monoisotopic (exact) mass is 389 g/mol. The van der Waals surface area contributed by atoms with E-state index in [-0.39, 0.29) is 11.6 Å². The third-order valence-corrected chi connectivity index (χ3v) is 5.88. The van der Waals surface area contributed by atoms with E-state index in [1.807, 2.05) is 46.9 Å². The average Bonchev–Trinajstić information content (AvgIpc) is 3.47. The molecule has 1 N–H and O–H groups in total. The second-order valence-electron chi connectivity index (χ2n) is 7.60. The van der Waals surface area contributed by atoms with Crippen molar-refractivity contribution in [1.29, 1.82) is 0 Å². The zero-order valence-corrected chi connectivity index (χ0v) is 16.3. The molecule has 1 saturated heterocycles. The summed E-state index contributed by atoms with van der Waals surface area (Å²) < 4.78 is 8.08. The molecule has 2 aromatic heterocycles. The van der Waals surface area contributed by atoms with Crippen molar-refractivity contribution >= 4 is 6.03 Å². The molecule has 1 fully saturated rings. The fourth-order valence-electron chi connectivity index (χ4n) is 4.35. The van der Waals surface area contributed by atoms with Gasteiger partial charge in [-0.05, 0) is 24.1 Å². The molecule has 148 valence electrons. The van der Waals surface area contributed by atoms with E-state index in [1.165, 1.54) is 11.1 Å². The highest BCUT2D eigenvalue weighted by Crippen LogP contribution is 2.43. The minimum Gasteiger partial charge on any atom is -0.364 e. The van der Waals surface area contributed by atoms with Crippen molar-refractivity contribution in [2.24, 2.45) is 0 Å². The number of fused-ring (bicyclic) bond motifs is 2. The van der Waals surface area contributed by atoms with Gasteiger partial charge >= 0.3 is 6.03 Å². The van der Waals surface area contributed by atoms with Gasteiger partial charge in [0, 0.05) is 43.7 Å². The molecule has 7 heteroatoms. The molecule has 2 aliphatic heterocycles. The summed E-state index contributed by atoms with van der Waals surface area (Å²) in [7, 11) is 0. The van der Waals surface area contributed by atoms with Crippen LogP contribution in [0.3, 0.4) is 0 Å². The predicted octanol–water partition coefficient (Wildman–Crippen LogP) is 2.92. The molecule has 1 unspecified atom stereocenters. The van der Waals surface area contributed by atoms with Crippen molar-refractivity contribution in [3.8, 4) is 5.82 Å². The first-order valence-corrected chi connectivity index (χ1v) is 9.86. The number of pyridine rings is 1. The van der Waals surface area contributed by atoms with Crippen LogP contribution in [0.1, 0.15) is 28.9 Å². The SMILES string of the molecule is Cc1nccn1-c1ncccc1CNC(=O)N1CCC2(C1)OCc1ccccc12. The van der Waals surface area contributed by atoms with Crippen molar-refractivity contribution < 1.29 is 9.53 Å². The van der Waals surface area contributed by atoms with Gasteiger partial charge in [0.15, 0.2) is 0 Å². The summed E-state index contributed by atoms with van der Waals surface area (Å²) in [6.07, 6.45) is 6.20. The quantitative estimate of drug-likeness (QED) is 0.748. The van der Waals surface area contributed by atoms with E-state index < -0.39 is 0 Å². The molecule has 4 heterocycles. The van der Waals surface area contributed by atoms with Gasteiger partial charge in [-0.25, -0.2) is 14.8 Å². The number of rotatable bonds is 3. The van der Waals surface area contributed by atoms with E-state index >= 15 is 0 Å². The van der Waals surface area contributed by atoms with Gasteiger partial charge in [-0.15, -0.1) is 0 Å². The molecule has 0 bridgehead atoms. The summed E-state index contributed by atoms with van der Waals surface area (Å²) in [5.41, 5.74) is 3.03. The number of hydrogen-bond donors (Lipinski definition) is 1. The van der Waals surface area contributed by atoms with Crippen LogP contribution in [0.5, 0.6) is 0 Å². The number of aromatic nitrogens is 3. The Hall–Kier alpha value is -3.19. The molecule has 1 atom stereocenters. The number of benzene rings is 1. The van der Waals surface area contributed by atoms with Gasteiger partial charge in [-0.2, -0.15) is 0 Å². The van der Waals surface area contributed by atoms with Crippen LogP contribution in [0, 0.1) is 6.92 Å². The number of imidazole rings is 1. The minimum absolute atomic E-state index is 0.0768. The lowest BCUT2D eigenvalue weighted by Crippen LogP contribution is -2.40. The number of carbonyl (C=O) groups excluding carboxylic acids is 1. The summed E-state index contributed by atoms with van der Waals surface area (Å²) in [6, 6.07) is 12.1. The zero-order valence-electron chi connectivity index (χ0n) is 16.3. The number of urea groups is 1. The number of aryl methyl sites for hydroxylation is 1. The van der Waals surface area contributed by atoms with Crippen LogP contribution in [-0.2, 0) is 23.5 Å². The van der Waals surface area contributed by atoms with Gasteiger partial charge < -0.3 is 15.0 Å². The number of nitrogens with one attached hydrogen (secondary N) is 1. The molecule has 2 aliphatic rings. The van der Waals surface area contributed by atoms with E-state index in [0.717, 1.165) is 23.6 Å². The van der Waals surface area contributed by atoms with E-state index in [9.17, 15) is 4.79 Å². The molecule has 2 amide bonds. The maximum absolute atomic E-state index is 12.9. The van der Waals surface area contributed by atoms with Crippen LogP contribution in [-0.4, -0.2) is 38.6 Å². The van der Waals surface area contributed by atoms with Crippen molar-refractivity contribution in [2.45, 2.75) is 32.1 Å². The molecule has 0 radical (unpaired) electrons. The second kappa shape index (κ2) is 7.00. The van der Waals surface area contributed by atoms with Gasteiger partial charge in [-0.3, -0.25) is 4.57 Å². The Morgan fingerprint density at radius 2 is 2.10 bits per heavy atom. The molecule has 29 heavy (non-hydrogen) atoms. The first-order valence-electron chi connectivity index (χ1n) is 9.86. The largest absolute Gasteiger partial charge is 0.364 e. The Labute approximate surface area is 169 Å². The van der Waals surface area contributed by atoms with Crippen LogP contribution < -0.4 is 5.32 Å². The summed E-state index contributed by atoms with van der Waals surface area (Å²) in [5.74, 6) is 1.64. The van der Waals surface area contributed by atoms with Crippen LogP contribution in [0.15, 0.2) is 55.0 Å². The minimum atomic E-state index is -0.360. The summed E-state index contributed by atoms with van der Waals surface area (Å²) >= 11 is 0. The Morgan fingerprint density at radius 3 is 2.97 bits per heavy atom. The molecule has 0 aliphatic carbocycles. The lowest BCUT2D eigenvalue weighted by Gasteiger charge is -2.25. The number of likely N-dealkylation sites (tertiary alicyclic amines) is 1. The standard InChI is InChI=1S/C22H23N5O2/c1-16-23-10-12-27(16)20-17(6-4-9-24-20)13-25-21(28)26-11-8-22(15-26)19-7-3-2-5-18(19)14-29-22/h2-7,9-10,12H,8,11,13-15H2,1H3,(H,25,28). The normalized spacial score (nSPS) is 20.2. The highest BCUT2D eigenvalue weighted by molar-refractivity contribution is 5.75. The summed E-state index contributed by atoms with van der Waals surface area (Å²) in [4.78, 5) is 23.4. The third kappa shape index (κ3) is 3.07. The van der Waals surface area contributed by atoms with Crippen molar-refractivity contribution in [3.63, 3.8) is 0 Å².